The number of nitrogens with one attached hydrogen (secondary N) is 1. The molecular formula is C33H37NO14. The molecule has 2 aromatic carbocycles. The van der Waals surface area contributed by atoms with Crippen molar-refractivity contribution in [3.63, 3.8) is 0 Å². The maximum absolute atomic E-state index is 13.6. The number of hydrogen-bond acceptors (Lipinski definition) is 14. The Hall–Kier alpha value is -5.31. The van der Waals surface area contributed by atoms with Crippen LogP contribution in [0.5, 0.6) is 5.75 Å². The number of rotatable bonds is 12. The van der Waals surface area contributed by atoms with Crippen molar-refractivity contribution in [2.45, 2.75) is 78.7 Å². The van der Waals surface area contributed by atoms with E-state index in [1.54, 1.807) is 24.3 Å². The van der Waals surface area contributed by atoms with E-state index in [0.717, 1.165) is 40.2 Å². The molecule has 0 aliphatic carbocycles. The van der Waals surface area contributed by atoms with Gasteiger partial charge in [-0.2, -0.15) is 0 Å². The molecule has 2 unspecified atom stereocenters. The smallest absolute Gasteiger partial charge is 0.342 e. The minimum absolute atomic E-state index is 0.0365. The Kier molecular flexibility index (Phi) is 13.2. The molecular weight excluding hydrogens is 634 g/mol. The topological polar surface area (TPSA) is 196 Å². The number of ether oxygens (including phenoxy) is 7. The average molecular weight is 672 g/mol. The third-order valence-corrected chi connectivity index (χ3v) is 6.87. The number of carbonyl (C=O) groups excluding carboxylic acids is 7. The summed E-state index contributed by atoms with van der Waals surface area (Å²) in [6, 6.07) is 12.9. The summed E-state index contributed by atoms with van der Waals surface area (Å²) in [7, 11) is 0. The second kappa shape index (κ2) is 17.0. The fraction of sp³-hybridized carbons (Fsp3) is 0.424. The van der Waals surface area contributed by atoms with Gasteiger partial charge < -0.3 is 38.5 Å². The van der Waals surface area contributed by atoms with E-state index in [0.29, 0.717) is 0 Å². The molecule has 258 valence electrons. The maximum atomic E-state index is 13.6. The lowest BCUT2D eigenvalue weighted by Gasteiger charge is -2.45. The summed E-state index contributed by atoms with van der Waals surface area (Å²) >= 11 is 0. The van der Waals surface area contributed by atoms with E-state index in [9.17, 15) is 33.6 Å². The fourth-order valence-corrected chi connectivity index (χ4v) is 4.88. The van der Waals surface area contributed by atoms with Gasteiger partial charge in [0.25, 0.3) is 0 Å². The fourth-order valence-electron chi connectivity index (χ4n) is 4.88. The van der Waals surface area contributed by atoms with E-state index in [2.05, 4.69) is 5.32 Å². The van der Waals surface area contributed by atoms with Gasteiger partial charge in [0.05, 0.1) is 5.92 Å². The molecule has 15 heteroatoms. The SMILES string of the molecule is CC(=O)OC[C@H]1OC(C(C)C(=O)Nc2ccc(C(=O)OCc3ccccc3)c(OC(C)=O)c2)[C@H](OC(C)=O)[C@@H](OC(C)=O)[C@@H]1OC(C)=O. The molecule has 1 amide bonds. The second-order valence-corrected chi connectivity index (χ2v) is 10.8. The summed E-state index contributed by atoms with van der Waals surface area (Å²) in [5.41, 5.74) is 0.764. The lowest BCUT2D eigenvalue weighted by atomic mass is 9.87. The molecule has 0 aromatic heterocycles. The lowest BCUT2D eigenvalue weighted by molar-refractivity contribution is -0.258. The zero-order chi connectivity index (χ0) is 35.5. The number of hydrogen-bond donors (Lipinski definition) is 1. The van der Waals surface area contributed by atoms with Crippen LogP contribution in [0.4, 0.5) is 5.69 Å². The normalized spacial score (nSPS) is 20.7. The van der Waals surface area contributed by atoms with E-state index >= 15 is 0 Å². The molecule has 2 aromatic rings. The van der Waals surface area contributed by atoms with Crippen LogP contribution in [0.2, 0.25) is 0 Å². The molecule has 1 aliphatic heterocycles. The summed E-state index contributed by atoms with van der Waals surface area (Å²) in [4.78, 5) is 86.2. The molecule has 1 aliphatic rings. The molecule has 1 heterocycles. The van der Waals surface area contributed by atoms with Gasteiger partial charge in [-0.15, -0.1) is 0 Å². The molecule has 1 fully saturated rings. The van der Waals surface area contributed by atoms with Gasteiger partial charge in [-0.25, -0.2) is 4.79 Å². The van der Waals surface area contributed by atoms with Crippen LogP contribution in [0, 0.1) is 5.92 Å². The van der Waals surface area contributed by atoms with Crippen molar-refractivity contribution in [1.29, 1.82) is 0 Å². The molecule has 1 N–H and O–H groups in total. The first-order valence-corrected chi connectivity index (χ1v) is 14.8. The van der Waals surface area contributed by atoms with Gasteiger partial charge in [0, 0.05) is 46.4 Å². The Morgan fingerprint density at radius 1 is 0.729 bits per heavy atom. The van der Waals surface area contributed by atoms with Crippen LogP contribution in [-0.2, 0) is 63.8 Å². The Morgan fingerprint density at radius 2 is 1.33 bits per heavy atom. The van der Waals surface area contributed by atoms with Gasteiger partial charge in [-0.05, 0) is 17.7 Å². The molecule has 48 heavy (non-hydrogen) atoms. The largest absolute Gasteiger partial charge is 0.463 e. The first-order valence-electron chi connectivity index (χ1n) is 14.8. The summed E-state index contributed by atoms with van der Waals surface area (Å²) in [6.45, 7) is 6.47. The highest BCUT2D eigenvalue weighted by atomic mass is 16.7. The van der Waals surface area contributed by atoms with Crippen molar-refractivity contribution in [2.24, 2.45) is 5.92 Å². The van der Waals surface area contributed by atoms with Gasteiger partial charge in [-0.1, -0.05) is 37.3 Å². The van der Waals surface area contributed by atoms with Crippen molar-refractivity contribution >= 4 is 47.4 Å². The minimum atomic E-state index is -1.46. The lowest BCUT2D eigenvalue weighted by Crippen LogP contribution is -2.64. The number of benzene rings is 2. The highest BCUT2D eigenvalue weighted by Crippen LogP contribution is 2.33. The zero-order valence-corrected chi connectivity index (χ0v) is 27.2. The van der Waals surface area contributed by atoms with Crippen molar-refractivity contribution in [2.75, 3.05) is 11.9 Å². The predicted octanol–water partition coefficient (Wildman–Crippen LogP) is 2.67. The summed E-state index contributed by atoms with van der Waals surface area (Å²) in [5, 5.41) is 2.63. The number of carbonyl (C=O) groups is 7. The number of esters is 6. The van der Waals surface area contributed by atoms with Crippen molar-refractivity contribution in [1.82, 2.24) is 0 Å². The monoisotopic (exact) mass is 671 g/mol. The van der Waals surface area contributed by atoms with E-state index in [-0.39, 0.29) is 23.6 Å². The highest BCUT2D eigenvalue weighted by Gasteiger charge is 2.54. The molecule has 0 saturated carbocycles. The average Bonchev–Trinajstić information content (AvgIpc) is 3.00. The van der Waals surface area contributed by atoms with Crippen LogP contribution >= 0.6 is 0 Å². The highest BCUT2D eigenvalue weighted by molar-refractivity contribution is 5.97. The van der Waals surface area contributed by atoms with Gasteiger partial charge in [-0.3, -0.25) is 28.8 Å². The number of amides is 1. The molecule has 3 rings (SSSR count). The van der Waals surface area contributed by atoms with Crippen molar-refractivity contribution in [3.8, 4) is 5.75 Å². The predicted molar refractivity (Wildman–Crippen MR) is 163 cm³/mol. The van der Waals surface area contributed by atoms with Crippen molar-refractivity contribution < 1.29 is 66.7 Å². The van der Waals surface area contributed by atoms with Crippen molar-refractivity contribution in [3.05, 3.63) is 59.7 Å². The minimum Gasteiger partial charge on any atom is -0.463 e. The van der Waals surface area contributed by atoms with Crippen LogP contribution in [0.1, 0.15) is 57.5 Å². The number of anilines is 1. The Balaban J connectivity index is 1.91. The van der Waals surface area contributed by atoms with Crippen LogP contribution in [-0.4, -0.2) is 78.8 Å². The molecule has 0 bridgehead atoms. The van der Waals surface area contributed by atoms with Crippen LogP contribution in [0.25, 0.3) is 0 Å². The van der Waals surface area contributed by atoms with E-state index < -0.39 is 84.8 Å². The van der Waals surface area contributed by atoms with Gasteiger partial charge in [0.15, 0.2) is 18.3 Å². The van der Waals surface area contributed by atoms with E-state index in [1.807, 2.05) is 6.07 Å². The van der Waals surface area contributed by atoms with Gasteiger partial charge in [0.2, 0.25) is 5.91 Å². The van der Waals surface area contributed by atoms with E-state index in [4.69, 9.17) is 33.2 Å². The third-order valence-electron chi connectivity index (χ3n) is 6.87. The molecule has 15 nitrogen and oxygen atoms in total. The second-order valence-electron chi connectivity index (χ2n) is 10.8. The third kappa shape index (κ3) is 10.6. The maximum Gasteiger partial charge on any atom is 0.342 e. The van der Waals surface area contributed by atoms with Crippen LogP contribution in [0.3, 0.4) is 0 Å². The first-order chi connectivity index (χ1) is 22.7. The molecule has 0 radical (unpaired) electrons. The molecule has 0 spiro atoms. The van der Waals surface area contributed by atoms with Gasteiger partial charge >= 0.3 is 35.8 Å². The van der Waals surface area contributed by atoms with E-state index in [1.165, 1.54) is 25.1 Å². The standard InChI is InChI=1S/C33H37NO14/c1-17(28-30(46-21(5)38)31(47-22(6)39)29(45-20(4)37)27(48-28)16-42-18(2)35)32(40)34-24-12-13-25(26(14-24)44-19(3)36)33(41)43-15-23-10-8-7-9-11-23/h7-14,17,27-31H,15-16H2,1-6H3,(H,34,40)/t17?,27-,28?,29-,30+,31+/m1/s1. The zero-order valence-electron chi connectivity index (χ0n) is 27.2. The van der Waals surface area contributed by atoms with Crippen LogP contribution < -0.4 is 10.1 Å². The quantitative estimate of drug-likeness (QED) is 0.196. The summed E-state index contributed by atoms with van der Waals surface area (Å²) < 4.78 is 38.0. The Morgan fingerprint density at radius 3 is 1.92 bits per heavy atom. The molecule has 1 saturated heterocycles. The van der Waals surface area contributed by atoms with Gasteiger partial charge in [0.1, 0.15) is 36.7 Å². The molecule has 6 atom stereocenters. The summed E-state index contributed by atoms with van der Waals surface area (Å²) in [6.07, 6.45) is -6.87. The Labute approximate surface area is 276 Å². The summed E-state index contributed by atoms with van der Waals surface area (Å²) in [5.74, 6) is -6.70. The van der Waals surface area contributed by atoms with Crippen LogP contribution in [0.15, 0.2) is 48.5 Å². The first kappa shape index (κ1) is 37.2. The Bertz CT molecular complexity index is 1520.